The first-order valence-corrected chi connectivity index (χ1v) is 8.65. The van der Waals surface area contributed by atoms with Crippen LogP contribution in [0.3, 0.4) is 0 Å². The number of halogens is 1. The Labute approximate surface area is 151 Å². The summed E-state index contributed by atoms with van der Waals surface area (Å²) in [4.78, 5) is 8.74. The smallest absolute Gasteiger partial charge is 0.246 e. The minimum absolute atomic E-state index is 0.272. The lowest BCUT2D eigenvalue weighted by molar-refractivity contribution is 0.313. The fourth-order valence-corrected chi connectivity index (χ4v) is 3.05. The van der Waals surface area contributed by atoms with Crippen LogP contribution in [0.4, 0.5) is 21.7 Å². The lowest BCUT2D eigenvalue weighted by Gasteiger charge is -2.34. The third kappa shape index (κ3) is 3.67. The van der Waals surface area contributed by atoms with Crippen LogP contribution >= 0.6 is 0 Å². The molecule has 0 amide bonds. The van der Waals surface area contributed by atoms with Crippen LogP contribution in [0.25, 0.3) is 5.69 Å². The van der Waals surface area contributed by atoms with Crippen molar-refractivity contribution in [1.82, 2.24) is 19.7 Å². The fraction of sp³-hybridized carbons (Fsp3) is 0.263. The number of piperazine rings is 1. The van der Waals surface area contributed by atoms with Crippen LogP contribution in [0.15, 0.2) is 54.9 Å². The molecule has 134 valence electrons. The first kappa shape index (κ1) is 16.5. The molecule has 2 aromatic carbocycles. The number of benzene rings is 2. The molecule has 0 saturated carbocycles. The highest BCUT2D eigenvalue weighted by molar-refractivity contribution is 5.62. The normalized spacial score (nSPS) is 15.2. The molecule has 0 unspecified atom stereocenters. The van der Waals surface area contributed by atoms with Crippen molar-refractivity contribution < 1.29 is 4.39 Å². The molecule has 0 radical (unpaired) electrons. The van der Waals surface area contributed by atoms with Gasteiger partial charge in [0, 0.05) is 37.6 Å². The zero-order valence-electron chi connectivity index (χ0n) is 14.6. The summed E-state index contributed by atoms with van der Waals surface area (Å²) in [6, 6.07) is 14.7. The zero-order valence-corrected chi connectivity index (χ0v) is 14.6. The summed E-state index contributed by atoms with van der Waals surface area (Å²) >= 11 is 0. The van der Waals surface area contributed by atoms with E-state index in [0.717, 1.165) is 37.6 Å². The van der Waals surface area contributed by atoms with Gasteiger partial charge in [-0.3, -0.25) is 0 Å². The standard InChI is InChI=1S/C19H21FN6/c1-24-7-9-25(10-8-24)18-12-15(20)11-16(13-18)22-19-21-14-26(23-19)17-5-3-2-4-6-17/h2-6,11-14H,7-10H2,1H3,(H,22,23). The molecule has 1 aliphatic heterocycles. The van der Waals surface area contributed by atoms with Gasteiger partial charge in [0.05, 0.1) is 5.69 Å². The van der Waals surface area contributed by atoms with Gasteiger partial charge in [0.25, 0.3) is 0 Å². The van der Waals surface area contributed by atoms with E-state index >= 15 is 0 Å². The highest BCUT2D eigenvalue weighted by atomic mass is 19.1. The highest BCUT2D eigenvalue weighted by Crippen LogP contribution is 2.24. The summed E-state index contributed by atoms with van der Waals surface area (Å²) in [6.45, 7) is 3.73. The molecular formula is C19H21FN6. The topological polar surface area (TPSA) is 49.2 Å². The zero-order chi connectivity index (χ0) is 17.9. The Morgan fingerprint density at radius 1 is 0.962 bits per heavy atom. The molecule has 0 bridgehead atoms. The number of aromatic nitrogens is 3. The number of hydrogen-bond acceptors (Lipinski definition) is 5. The van der Waals surface area contributed by atoms with Crippen LogP contribution in [-0.2, 0) is 0 Å². The summed E-state index contributed by atoms with van der Waals surface area (Å²) in [5, 5.41) is 7.51. The molecule has 1 aliphatic rings. The lowest BCUT2D eigenvalue weighted by Crippen LogP contribution is -2.44. The van der Waals surface area contributed by atoms with Crippen molar-refractivity contribution in [3.05, 3.63) is 60.7 Å². The SMILES string of the molecule is CN1CCN(c2cc(F)cc(Nc3ncn(-c4ccccc4)n3)c2)CC1. The number of likely N-dealkylation sites (N-methyl/N-ethyl adjacent to an activating group) is 1. The van der Waals surface area contributed by atoms with Gasteiger partial charge in [-0.2, -0.15) is 4.98 Å². The minimum Gasteiger partial charge on any atom is -0.369 e. The molecule has 7 heteroatoms. The van der Waals surface area contributed by atoms with Gasteiger partial charge in [0.15, 0.2) is 0 Å². The Morgan fingerprint density at radius 2 is 1.73 bits per heavy atom. The van der Waals surface area contributed by atoms with Gasteiger partial charge in [0.2, 0.25) is 5.95 Å². The van der Waals surface area contributed by atoms with Crippen LogP contribution in [0, 0.1) is 5.82 Å². The summed E-state index contributed by atoms with van der Waals surface area (Å²) in [7, 11) is 2.10. The van der Waals surface area contributed by atoms with Crippen LogP contribution < -0.4 is 10.2 Å². The third-order valence-corrected chi connectivity index (χ3v) is 4.52. The molecule has 0 atom stereocenters. The molecule has 1 saturated heterocycles. The summed E-state index contributed by atoms with van der Waals surface area (Å²) in [5.74, 6) is 0.162. The first-order valence-electron chi connectivity index (χ1n) is 8.65. The Bertz CT molecular complexity index is 871. The van der Waals surface area contributed by atoms with E-state index in [0.29, 0.717) is 11.6 Å². The summed E-state index contributed by atoms with van der Waals surface area (Å²) in [6.07, 6.45) is 1.64. The number of anilines is 3. The van der Waals surface area contributed by atoms with Crippen molar-refractivity contribution in [2.24, 2.45) is 0 Å². The Balaban J connectivity index is 1.52. The second-order valence-electron chi connectivity index (χ2n) is 6.46. The molecule has 1 fully saturated rings. The number of para-hydroxylation sites is 1. The molecule has 6 nitrogen and oxygen atoms in total. The van der Waals surface area contributed by atoms with Crippen molar-refractivity contribution in [3.8, 4) is 5.69 Å². The second kappa shape index (κ2) is 7.13. The fourth-order valence-electron chi connectivity index (χ4n) is 3.05. The van der Waals surface area contributed by atoms with Gasteiger partial charge in [-0.25, -0.2) is 9.07 Å². The average Bonchev–Trinajstić information content (AvgIpc) is 3.11. The van der Waals surface area contributed by atoms with Crippen LogP contribution in [0.2, 0.25) is 0 Å². The molecule has 3 aromatic rings. The third-order valence-electron chi connectivity index (χ3n) is 4.52. The van der Waals surface area contributed by atoms with E-state index in [1.165, 1.54) is 6.07 Å². The monoisotopic (exact) mass is 352 g/mol. The van der Waals surface area contributed by atoms with Gasteiger partial charge >= 0.3 is 0 Å². The maximum atomic E-state index is 14.1. The molecule has 0 spiro atoms. The van der Waals surface area contributed by atoms with Gasteiger partial charge in [0.1, 0.15) is 12.1 Å². The lowest BCUT2D eigenvalue weighted by atomic mass is 10.2. The predicted octanol–water partition coefficient (Wildman–Crippen LogP) is 2.90. The largest absolute Gasteiger partial charge is 0.369 e. The van der Waals surface area contributed by atoms with E-state index in [9.17, 15) is 4.39 Å². The van der Waals surface area contributed by atoms with Gasteiger partial charge in [-0.15, -0.1) is 5.10 Å². The number of nitrogens with one attached hydrogen (secondary N) is 1. The second-order valence-corrected chi connectivity index (χ2v) is 6.46. The van der Waals surface area contributed by atoms with Crippen LogP contribution in [0.1, 0.15) is 0 Å². The van der Waals surface area contributed by atoms with Crippen LogP contribution in [-0.4, -0.2) is 52.9 Å². The van der Waals surface area contributed by atoms with Crippen molar-refractivity contribution >= 4 is 17.3 Å². The number of nitrogens with zero attached hydrogens (tertiary/aromatic N) is 5. The first-order chi connectivity index (χ1) is 12.7. The molecule has 1 N–H and O–H groups in total. The van der Waals surface area contributed by atoms with E-state index in [1.807, 2.05) is 36.4 Å². The molecule has 2 heterocycles. The van der Waals surface area contributed by atoms with E-state index in [1.54, 1.807) is 17.1 Å². The summed E-state index contributed by atoms with van der Waals surface area (Å²) < 4.78 is 15.8. The minimum atomic E-state index is -0.272. The molecule has 0 aliphatic carbocycles. The number of rotatable bonds is 4. The van der Waals surface area contributed by atoms with Crippen molar-refractivity contribution in [2.45, 2.75) is 0 Å². The molecule has 26 heavy (non-hydrogen) atoms. The molecule has 4 rings (SSSR count). The highest BCUT2D eigenvalue weighted by Gasteiger charge is 2.16. The van der Waals surface area contributed by atoms with Crippen molar-refractivity contribution in [1.29, 1.82) is 0 Å². The van der Waals surface area contributed by atoms with Crippen molar-refractivity contribution in [2.75, 3.05) is 43.4 Å². The Morgan fingerprint density at radius 3 is 2.50 bits per heavy atom. The van der Waals surface area contributed by atoms with Gasteiger partial charge in [-0.1, -0.05) is 18.2 Å². The maximum Gasteiger partial charge on any atom is 0.246 e. The predicted molar refractivity (Wildman–Crippen MR) is 101 cm³/mol. The Kier molecular flexibility index (Phi) is 4.53. The van der Waals surface area contributed by atoms with Crippen molar-refractivity contribution in [3.63, 3.8) is 0 Å². The molecule has 1 aromatic heterocycles. The van der Waals surface area contributed by atoms with E-state index < -0.39 is 0 Å². The van der Waals surface area contributed by atoms with E-state index in [2.05, 4.69) is 32.2 Å². The summed E-state index contributed by atoms with van der Waals surface area (Å²) in [5.41, 5.74) is 2.44. The van der Waals surface area contributed by atoms with E-state index in [-0.39, 0.29) is 5.82 Å². The average molecular weight is 352 g/mol. The van der Waals surface area contributed by atoms with E-state index in [4.69, 9.17) is 0 Å². The number of hydrogen-bond donors (Lipinski definition) is 1. The quantitative estimate of drug-likeness (QED) is 0.782. The molecular weight excluding hydrogens is 331 g/mol. The van der Waals surface area contributed by atoms with Gasteiger partial charge in [-0.05, 0) is 37.4 Å². The van der Waals surface area contributed by atoms with Crippen LogP contribution in [0.5, 0.6) is 0 Å². The van der Waals surface area contributed by atoms with Gasteiger partial charge < -0.3 is 15.1 Å². The Hall–Kier alpha value is -2.93. The maximum absolute atomic E-state index is 14.1.